The average molecular weight is 383 g/mol. The normalized spacial score (nSPS) is 19.0. The van der Waals surface area contributed by atoms with E-state index in [1.54, 1.807) is 6.07 Å². The van der Waals surface area contributed by atoms with Crippen LogP contribution >= 0.6 is 8.58 Å². The average Bonchev–Trinajstić information content (AvgIpc) is 2.71. The van der Waals surface area contributed by atoms with Gasteiger partial charge in [0.05, 0.1) is 0 Å². The molecule has 2 fully saturated rings. The molecule has 0 aromatic heterocycles. The molecular formula is C25H35OP. The van der Waals surface area contributed by atoms with Crippen LogP contribution in [-0.4, -0.2) is 10.8 Å². The van der Waals surface area contributed by atoms with Crippen LogP contribution in [0.1, 0.15) is 71.1 Å². The Morgan fingerprint density at radius 3 is 1.85 bits per heavy atom. The number of aromatic hydroxyl groups is 1. The maximum absolute atomic E-state index is 10.1. The molecule has 1 atom stereocenters. The van der Waals surface area contributed by atoms with Gasteiger partial charge in [0.1, 0.15) is 5.75 Å². The molecule has 2 aromatic rings. The van der Waals surface area contributed by atoms with Crippen LogP contribution in [0.15, 0.2) is 48.5 Å². The summed E-state index contributed by atoms with van der Waals surface area (Å²) in [6.45, 7) is 2.36. The molecule has 0 spiro atoms. The zero-order chi connectivity index (χ0) is 18.9. The van der Waals surface area contributed by atoms with Gasteiger partial charge in [-0.2, -0.15) is 0 Å². The van der Waals surface area contributed by atoms with Gasteiger partial charge in [0.2, 0.25) is 0 Å². The van der Waals surface area contributed by atoms with Crippen LogP contribution < -0.4 is 5.30 Å². The smallest absolute Gasteiger partial charge is 0.123 e. The summed E-state index contributed by atoms with van der Waals surface area (Å²) in [6.07, 6.45) is 14.3. The molecule has 1 unspecified atom stereocenters. The highest BCUT2D eigenvalue weighted by Gasteiger charge is 2.16. The van der Waals surface area contributed by atoms with Gasteiger partial charge >= 0.3 is 0 Å². The maximum Gasteiger partial charge on any atom is 0.123 e. The van der Waals surface area contributed by atoms with Crippen molar-refractivity contribution >= 4 is 13.9 Å². The second kappa shape index (κ2) is 10.9. The molecule has 0 amide bonds. The summed E-state index contributed by atoms with van der Waals surface area (Å²) >= 11 is 0. The monoisotopic (exact) mass is 382 g/mol. The van der Waals surface area contributed by atoms with Crippen LogP contribution in [0, 0.1) is 5.92 Å². The number of hydrogen-bond acceptors (Lipinski definition) is 1. The highest BCUT2D eigenvalue weighted by Crippen LogP contribution is 2.36. The highest BCUT2D eigenvalue weighted by molar-refractivity contribution is 7.48. The van der Waals surface area contributed by atoms with Crippen LogP contribution in [0.2, 0.25) is 0 Å². The number of phenols is 1. The molecular weight excluding hydrogens is 347 g/mol. The number of benzene rings is 2. The van der Waals surface area contributed by atoms with E-state index in [4.69, 9.17) is 0 Å². The maximum atomic E-state index is 10.1. The standard InChI is InChI=1S/C18H21OP.C7H14/c19-17-12-6-4-10-15(17)16-11-5-7-13-18(16)20-14-8-2-1-3-9-14;1-7-5-3-2-4-6-7/h4-7,10-14,19-20H,1-3,8-9H2;7H,2-6H2,1H3. The molecule has 2 aliphatic carbocycles. The van der Waals surface area contributed by atoms with E-state index in [1.807, 2.05) is 18.2 Å². The molecule has 2 aliphatic rings. The molecule has 0 aliphatic heterocycles. The SMILES string of the molecule is CC1CCCCC1.Oc1ccccc1-c1ccccc1PC1CCCCC1. The lowest BCUT2D eigenvalue weighted by atomic mass is 9.91. The van der Waals surface area contributed by atoms with Crippen LogP contribution in [0.5, 0.6) is 5.75 Å². The van der Waals surface area contributed by atoms with Crippen molar-refractivity contribution in [3.63, 3.8) is 0 Å². The van der Waals surface area contributed by atoms with E-state index >= 15 is 0 Å². The lowest BCUT2D eigenvalue weighted by Crippen LogP contribution is -2.12. The fraction of sp³-hybridized carbons (Fsp3) is 0.520. The van der Waals surface area contributed by atoms with E-state index in [2.05, 4.69) is 31.2 Å². The molecule has 2 aromatic carbocycles. The molecule has 1 N–H and O–H groups in total. The first-order valence-corrected chi connectivity index (χ1v) is 12.0. The summed E-state index contributed by atoms with van der Waals surface area (Å²) in [7, 11) is 0.863. The number of para-hydroxylation sites is 1. The fourth-order valence-corrected chi connectivity index (χ4v) is 6.02. The van der Waals surface area contributed by atoms with Gasteiger partial charge < -0.3 is 5.11 Å². The topological polar surface area (TPSA) is 20.2 Å². The first-order chi connectivity index (χ1) is 13.2. The van der Waals surface area contributed by atoms with Crippen LogP contribution in [0.4, 0.5) is 0 Å². The molecule has 1 nitrogen and oxygen atoms in total. The summed E-state index contributed by atoms with van der Waals surface area (Å²) in [5.41, 5.74) is 3.01. The lowest BCUT2D eigenvalue weighted by Gasteiger charge is -2.23. The van der Waals surface area contributed by atoms with Gasteiger partial charge in [0.25, 0.3) is 0 Å². The van der Waals surface area contributed by atoms with Crippen molar-refractivity contribution in [2.75, 3.05) is 0 Å². The first kappa shape index (κ1) is 20.4. The summed E-state index contributed by atoms with van der Waals surface area (Å²) in [4.78, 5) is 0. The molecule has 2 heteroatoms. The minimum atomic E-state index is 0.383. The Balaban J connectivity index is 0.000000253. The summed E-state index contributed by atoms with van der Waals surface area (Å²) in [5, 5.41) is 11.5. The number of phenolic OH excluding ortho intramolecular Hbond substituents is 1. The Bertz CT molecular complexity index is 684. The third-order valence-corrected chi connectivity index (χ3v) is 7.71. The molecule has 146 valence electrons. The van der Waals surface area contributed by atoms with Gasteiger partial charge in [-0.25, -0.2) is 0 Å². The fourth-order valence-electron chi connectivity index (χ4n) is 4.32. The Morgan fingerprint density at radius 1 is 0.704 bits per heavy atom. The molecule has 0 saturated heterocycles. The van der Waals surface area contributed by atoms with Crippen molar-refractivity contribution in [3.8, 4) is 16.9 Å². The lowest BCUT2D eigenvalue weighted by molar-refractivity contribution is 0.385. The van der Waals surface area contributed by atoms with E-state index in [1.165, 1.54) is 75.1 Å². The Morgan fingerprint density at radius 2 is 1.26 bits per heavy atom. The second-order valence-corrected chi connectivity index (χ2v) is 9.93. The molecule has 0 heterocycles. The van der Waals surface area contributed by atoms with Crippen LogP contribution in [-0.2, 0) is 0 Å². The largest absolute Gasteiger partial charge is 0.507 e. The predicted molar refractivity (Wildman–Crippen MR) is 121 cm³/mol. The molecule has 4 rings (SSSR count). The van der Waals surface area contributed by atoms with Crippen molar-refractivity contribution in [2.24, 2.45) is 5.92 Å². The highest BCUT2D eigenvalue weighted by atomic mass is 31.1. The molecule has 27 heavy (non-hydrogen) atoms. The van der Waals surface area contributed by atoms with Crippen molar-refractivity contribution in [3.05, 3.63) is 48.5 Å². The number of rotatable bonds is 3. The number of hydrogen-bond donors (Lipinski definition) is 1. The van der Waals surface area contributed by atoms with Crippen molar-refractivity contribution in [2.45, 2.75) is 76.8 Å². The quantitative estimate of drug-likeness (QED) is 0.553. The van der Waals surface area contributed by atoms with E-state index in [-0.39, 0.29) is 0 Å². The third kappa shape index (κ3) is 6.35. The van der Waals surface area contributed by atoms with Crippen LogP contribution in [0.25, 0.3) is 11.1 Å². The molecule has 0 bridgehead atoms. The second-order valence-electron chi connectivity index (χ2n) is 8.29. The minimum Gasteiger partial charge on any atom is -0.507 e. The van der Waals surface area contributed by atoms with Gasteiger partial charge in [-0.05, 0) is 41.4 Å². The summed E-state index contributed by atoms with van der Waals surface area (Å²) in [6, 6.07) is 16.2. The first-order valence-electron chi connectivity index (χ1n) is 10.9. The van der Waals surface area contributed by atoms with E-state index in [0.29, 0.717) is 5.75 Å². The Kier molecular flexibility index (Phi) is 8.21. The van der Waals surface area contributed by atoms with Crippen molar-refractivity contribution in [1.82, 2.24) is 0 Å². The van der Waals surface area contributed by atoms with Gasteiger partial charge in [0.15, 0.2) is 0 Å². The summed E-state index contributed by atoms with van der Waals surface area (Å²) < 4.78 is 0. The Labute approximate surface area is 167 Å². The minimum absolute atomic E-state index is 0.383. The van der Waals surface area contributed by atoms with E-state index < -0.39 is 0 Å². The van der Waals surface area contributed by atoms with Gasteiger partial charge in [0, 0.05) is 5.56 Å². The van der Waals surface area contributed by atoms with Crippen molar-refractivity contribution < 1.29 is 5.11 Å². The van der Waals surface area contributed by atoms with E-state index in [9.17, 15) is 5.11 Å². The Hall–Kier alpha value is -1.33. The zero-order valence-corrected chi connectivity index (χ0v) is 17.8. The van der Waals surface area contributed by atoms with E-state index in [0.717, 1.165) is 25.7 Å². The van der Waals surface area contributed by atoms with Gasteiger partial charge in [-0.1, -0.05) is 109 Å². The summed E-state index contributed by atoms with van der Waals surface area (Å²) in [5.74, 6) is 1.42. The third-order valence-electron chi connectivity index (χ3n) is 5.98. The van der Waals surface area contributed by atoms with Gasteiger partial charge in [-0.15, -0.1) is 0 Å². The predicted octanol–water partition coefficient (Wildman–Crippen LogP) is 7.28. The molecule has 2 saturated carbocycles. The van der Waals surface area contributed by atoms with Gasteiger partial charge in [-0.3, -0.25) is 0 Å². The van der Waals surface area contributed by atoms with Crippen molar-refractivity contribution in [1.29, 1.82) is 0 Å². The molecule has 0 radical (unpaired) electrons. The zero-order valence-electron chi connectivity index (χ0n) is 16.8. The van der Waals surface area contributed by atoms with Crippen LogP contribution in [0.3, 0.4) is 0 Å².